The van der Waals surface area contributed by atoms with E-state index in [1.165, 1.54) is 12.3 Å². The van der Waals surface area contributed by atoms with E-state index in [0.717, 1.165) is 10.5 Å². The molecule has 0 spiro atoms. The molecule has 1 heterocycles. The zero-order valence-corrected chi connectivity index (χ0v) is 14.6. The van der Waals surface area contributed by atoms with Crippen molar-refractivity contribution in [3.63, 3.8) is 0 Å². The molecule has 24 heavy (non-hydrogen) atoms. The van der Waals surface area contributed by atoms with Crippen LogP contribution in [0.25, 0.3) is 0 Å². The van der Waals surface area contributed by atoms with Crippen LogP contribution in [-0.4, -0.2) is 30.1 Å². The van der Waals surface area contributed by atoms with Gasteiger partial charge >= 0.3 is 15.2 Å². The Kier molecular flexibility index (Phi) is 5.60. The monoisotopic (exact) mass is 372 g/mol. The third kappa shape index (κ3) is 4.74. The highest BCUT2D eigenvalue weighted by Crippen LogP contribution is 2.61. The molecule has 1 aromatic carbocycles. The summed E-state index contributed by atoms with van der Waals surface area (Å²) in [6.45, 7) is 1.63. The molecule has 0 aliphatic heterocycles. The number of aryl methyl sites for hydroxylation is 1. The predicted octanol–water partition coefficient (Wildman–Crippen LogP) is 2.04. The SMILES string of the molecule is Cc1ccnc(N(Cc2ccccc2)C(P(=O)(O)O)P(=O)(O)O)c1. The van der Waals surface area contributed by atoms with E-state index in [0.29, 0.717) is 5.56 Å². The van der Waals surface area contributed by atoms with Crippen molar-refractivity contribution in [2.75, 3.05) is 4.90 Å². The Balaban J connectivity index is 2.56. The summed E-state index contributed by atoms with van der Waals surface area (Å²) in [6.07, 6.45) is 1.42. The van der Waals surface area contributed by atoms with E-state index in [1.807, 2.05) is 0 Å². The lowest BCUT2D eigenvalue weighted by Crippen LogP contribution is -2.35. The highest BCUT2D eigenvalue weighted by molar-refractivity contribution is 7.71. The zero-order chi connectivity index (χ0) is 18.0. The molecule has 10 heteroatoms. The average Bonchev–Trinajstić information content (AvgIpc) is 2.45. The molecule has 4 N–H and O–H groups in total. The van der Waals surface area contributed by atoms with Gasteiger partial charge in [0, 0.05) is 12.7 Å². The van der Waals surface area contributed by atoms with Crippen molar-refractivity contribution >= 4 is 21.0 Å². The highest BCUT2D eigenvalue weighted by atomic mass is 31.2. The van der Waals surface area contributed by atoms with Crippen LogP contribution in [0.5, 0.6) is 0 Å². The third-order valence-corrected chi connectivity index (χ3v) is 6.84. The largest absolute Gasteiger partial charge is 0.360 e. The average molecular weight is 372 g/mol. The smallest absolute Gasteiger partial charge is 0.328 e. The Labute approximate surface area is 139 Å². The Morgan fingerprint density at radius 1 is 1.04 bits per heavy atom. The minimum Gasteiger partial charge on any atom is -0.328 e. The maximum absolute atomic E-state index is 11.8. The van der Waals surface area contributed by atoms with Crippen LogP contribution in [0, 0.1) is 6.92 Å². The summed E-state index contributed by atoms with van der Waals surface area (Å²) >= 11 is 0. The summed E-state index contributed by atoms with van der Waals surface area (Å²) in [4.78, 5) is 43.2. The zero-order valence-electron chi connectivity index (χ0n) is 12.8. The number of hydrogen-bond donors (Lipinski definition) is 4. The molecule has 1 aromatic heterocycles. The molecule has 8 nitrogen and oxygen atoms in total. The molecule has 0 aliphatic carbocycles. The van der Waals surface area contributed by atoms with E-state index >= 15 is 0 Å². The maximum atomic E-state index is 11.8. The molecule has 0 aliphatic rings. The number of nitrogens with zero attached hydrogens (tertiary/aromatic N) is 2. The van der Waals surface area contributed by atoms with Crippen molar-refractivity contribution < 1.29 is 28.7 Å². The first-order valence-corrected chi connectivity index (χ1v) is 10.3. The summed E-state index contributed by atoms with van der Waals surface area (Å²) in [5.41, 5.74) is -0.930. The molecule has 0 saturated carbocycles. The maximum Gasteiger partial charge on any atom is 0.360 e. The number of anilines is 1. The van der Waals surface area contributed by atoms with Crippen molar-refractivity contribution in [3.8, 4) is 0 Å². The molecule has 0 bridgehead atoms. The fourth-order valence-electron chi connectivity index (χ4n) is 2.30. The van der Waals surface area contributed by atoms with Gasteiger partial charge in [0.15, 0.2) is 0 Å². The van der Waals surface area contributed by atoms with Crippen LogP contribution in [0.3, 0.4) is 0 Å². The van der Waals surface area contributed by atoms with Gasteiger partial charge in [0.25, 0.3) is 0 Å². The highest BCUT2D eigenvalue weighted by Gasteiger charge is 2.48. The number of benzene rings is 1. The van der Waals surface area contributed by atoms with E-state index in [-0.39, 0.29) is 12.4 Å². The van der Waals surface area contributed by atoms with Crippen LogP contribution in [0.2, 0.25) is 0 Å². The van der Waals surface area contributed by atoms with Crippen LogP contribution >= 0.6 is 15.2 Å². The van der Waals surface area contributed by atoms with E-state index in [2.05, 4.69) is 4.98 Å². The molecular weight excluding hydrogens is 354 g/mol. The molecule has 0 fully saturated rings. The van der Waals surface area contributed by atoms with Gasteiger partial charge in [-0.3, -0.25) is 9.13 Å². The number of pyridine rings is 1. The fraction of sp³-hybridized carbons (Fsp3) is 0.214. The topological polar surface area (TPSA) is 131 Å². The first kappa shape index (κ1) is 18.8. The molecular formula is C14H18N2O6P2. The Hall–Kier alpha value is -1.53. The van der Waals surface area contributed by atoms with E-state index in [4.69, 9.17) is 0 Å². The van der Waals surface area contributed by atoms with Gasteiger partial charge < -0.3 is 24.5 Å². The van der Waals surface area contributed by atoms with Gasteiger partial charge in [-0.1, -0.05) is 30.3 Å². The van der Waals surface area contributed by atoms with Gasteiger partial charge in [0.2, 0.25) is 5.52 Å². The van der Waals surface area contributed by atoms with Crippen LogP contribution < -0.4 is 4.90 Å². The first-order valence-electron chi connectivity index (χ1n) is 6.92. The lowest BCUT2D eigenvalue weighted by Gasteiger charge is -2.33. The van der Waals surface area contributed by atoms with Gasteiger partial charge in [0.1, 0.15) is 5.82 Å². The molecule has 2 rings (SSSR count). The van der Waals surface area contributed by atoms with E-state index in [9.17, 15) is 28.7 Å². The Morgan fingerprint density at radius 3 is 2.12 bits per heavy atom. The molecule has 0 atom stereocenters. The molecule has 0 radical (unpaired) electrons. The van der Waals surface area contributed by atoms with Crippen molar-refractivity contribution in [1.29, 1.82) is 0 Å². The standard InChI is InChI=1S/C14H18N2O6P2/c1-11-7-8-15-13(9-11)16(10-12-5-3-2-4-6-12)14(23(17,18)19)24(20,21)22/h2-9,14H,10H2,1H3,(H2,17,18,19)(H2,20,21,22). The first-order chi connectivity index (χ1) is 11.1. The number of aromatic nitrogens is 1. The minimum absolute atomic E-state index is 0.0792. The van der Waals surface area contributed by atoms with Gasteiger partial charge in [-0.25, -0.2) is 4.98 Å². The third-order valence-electron chi connectivity index (χ3n) is 3.27. The second-order valence-electron chi connectivity index (χ2n) is 5.33. The molecule has 130 valence electrons. The van der Waals surface area contributed by atoms with Crippen LogP contribution in [0.4, 0.5) is 5.82 Å². The lowest BCUT2D eigenvalue weighted by atomic mass is 10.2. The van der Waals surface area contributed by atoms with Gasteiger partial charge in [0.05, 0.1) is 0 Å². The summed E-state index contributed by atoms with van der Waals surface area (Å²) in [7, 11) is -10.3. The molecule has 2 aromatic rings. The lowest BCUT2D eigenvalue weighted by molar-refractivity contribution is 0.335. The van der Waals surface area contributed by atoms with E-state index in [1.54, 1.807) is 43.3 Å². The Morgan fingerprint density at radius 2 is 1.62 bits per heavy atom. The second kappa shape index (κ2) is 7.15. The summed E-state index contributed by atoms with van der Waals surface area (Å²) in [5, 5.41) is 0. The van der Waals surface area contributed by atoms with Crippen LogP contribution in [0.1, 0.15) is 11.1 Å². The predicted molar refractivity (Wildman–Crippen MR) is 89.5 cm³/mol. The van der Waals surface area contributed by atoms with Crippen LogP contribution in [-0.2, 0) is 15.7 Å². The van der Waals surface area contributed by atoms with Crippen molar-refractivity contribution in [2.24, 2.45) is 0 Å². The van der Waals surface area contributed by atoms with Crippen molar-refractivity contribution in [2.45, 2.75) is 19.0 Å². The van der Waals surface area contributed by atoms with Crippen LogP contribution in [0.15, 0.2) is 48.7 Å². The number of rotatable bonds is 6. The molecule has 0 unspecified atom stereocenters. The van der Waals surface area contributed by atoms with Gasteiger partial charge in [-0.2, -0.15) is 0 Å². The quantitative estimate of drug-likeness (QED) is 0.567. The van der Waals surface area contributed by atoms with E-state index < -0.39 is 20.7 Å². The molecule has 0 saturated heterocycles. The minimum atomic E-state index is -5.15. The van der Waals surface area contributed by atoms with Gasteiger partial charge in [-0.15, -0.1) is 0 Å². The normalized spacial score (nSPS) is 12.4. The fourth-order valence-corrected chi connectivity index (χ4v) is 4.99. The molecule has 0 amide bonds. The summed E-state index contributed by atoms with van der Waals surface area (Å²) in [6, 6.07) is 11.8. The number of hydrogen-bond acceptors (Lipinski definition) is 4. The summed E-state index contributed by atoms with van der Waals surface area (Å²) < 4.78 is 23.6. The Bertz CT molecular complexity index is 767. The van der Waals surface area contributed by atoms with Crippen molar-refractivity contribution in [3.05, 3.63) is 59.8 Å². The second-order valence-corrected chi connectivity index (χ2v) is 9.07. The van der Waals surface area contributed by atoms with Gasteiger partial charge in [-0.05, 0) is 30.2 Å². The van der Waals surface area contributed by atoms with Crippen molar-refractivity contribution in [1.82, 2.24) is 4.98 Å². The summed E-state index contributed by atoms with van der Waals surface area (Å²) in [5.74, 6) is 0.0792.